The lowest BCUT2D eigenvalue weighted by molar-refractivity contribution is -0.385. The van der Waals surface area contributed by atoms with E-state index in [1.807, 2.05) is 6.07 Å². The van der Waals surface area contributed by atoms with Gasteiger partial charge < -0.3 is 9.47 Å². The summed E-state index contributed by atoms with van der Waals surface area (Å²) in [7, 11) is 1.44. The first-order valence-electron chi connectivity index (χ1n) is 4.51. The van der Waals surface area contributed by atoms with Gasteiger partial charge in [0.05, 0.1) is 30.6 Å². The van der Waals surface area contributed by atoms with Crippen LogP contribution >= 0.6 is 0 Å². The molecule has 84 valence electrons. The van der Waals surface area contributed by atoms with Gasteiger partial charge in [-0.05, 0) is 6.07 Å². The Morgan fingerprint density at radius 2 is 2.25 bits per heavy atom. The molecule has 0 heterocycles. The van der Waals surface area contributed by atoms with E-state index in [1.54, 1.807) is 0 Å². The van der Waals surface area contributed by atoms with Crippen LogP contribution in [0.2, 0.25) is 0 Å². The smallest absolute Gasteiger partial charge is 0.273 e. The monoisotopic (exact) mass is 222 g/mol. The molecule has 0 aliphatic rings. The highest BCUT2D eigenvalue weighted by Gasteiger charge is 2.12. The Morgan fingerprint density at radius 1 is 1.50 bits per heavy atom. The zero-order valence-corrected chi connectivity index (χ0v) is 8.67. The number of non-ortho nitro benzene ring substituents is 1. The van der Waals surface area contributed by atoms with Gasteiger partial charge in [-0.1, -0.05) is 0 Å². The number of nitriles is 1. The van der Waals surface area contributed by atoms with E-state index in [2.05, 4.69) is 0 Å². The third-order valence-corrected chi connectivity index (χ3v) is 1.83. The van der Waals surface area contributed by atoms with Crippen LogP contribution in [0, 0.1) is 21.4 Å². The van der Waals surface area contributed by atoms with Crippen molar-refractivity contribution < 1.29 is 14.4 Å². The third kappa shape index (κ3) is 2.85. The predicted octanol–water partition coefficient (Wildman–Crippen LogP) is 1.90. The summed E-state index contributed by atoms with van der Waals surface area (Å²) in [5, 5.41) is 18.9. The zero-order chi connectivity index (χ0) is 12.0. The van der Waals surface area contributed by atoms with Crippen LogP contribution in [0.1, 0.15) is 6.42 Å². The summed E-state index contributed by atoms with van der Waals surface area (Å²) in [5.41, 5.74) is -0.0762. The van der Waals surface area contributed by atoms with Crippen molar-refractivity contribution in [1.82, 2.24) is 0 Å². The maximum absolute atomic E-state index is 10.5. The Kier molecular flexibility index (Phi) is 4.09. The summed E-state index contributed by atoms with van der Waals surface area (Å²) in [6.45, 7) is 0.175. The number of hydrogen-bond donors (Lipinski definition) is 0. The van der Waals surface area contributed by atoms with Crippen LogP contribution in [0.4, 0.5) is 5.69 Å². The number of nitro groups is 1. The van der Waals surface area contributed by atoms with Gasteiger partial charge in [-0.3, -0.25) is 10.1 Å². The van der Waals surface area contributed by atoms with Crippen LogP contribution in [0.15, 0.2) is 18.2 Å². The molecule has 0 spiro atoms. The van der Waals surface area contributed by atoms with Crippen molar-refractivity contribution in [3.63, 3.8) is 0 Å². The Morgan fingerprint density at radius 3 is 2.81 bits per heavy atom. The van der Waals surface area contributed by atoms with Crippen molar-refractivity contribution in [1.29, 1.82) is 5.26 Å². The fraction of sp³-hybridized carbons (Fsp3) is 0.300. The van der Waals surface area contributed by atoms with Gasteiger partial charge in [-0.15, -0.1) is 0 Å². The Bertz CT molecular complexity index is 425. The van der Waals surface area contributed by atoms with Gasteiger partial charge in [0, 0.05) is 6.07 Å². The van der Waals surface area contributed by atoms with Crippen LogP contribution in [0.5, 0.6) is 11.5 Å². The number of ether oxygens (including phenoxy) is 2. The molecular formula is C10H10N2O4. The molecule has 0 aliphatic carbocycles. The van der Waals surface area contributed by atoms with Crippen LogP contribution in [-0.2, 0) is 0 Å². The van der Waals surface area contributed by atoms with E-state index in [0.717, 1.165) is 0 Å². The van der Waals surface area contributed by atoms with E-state index in [0.29, 0.717) is 5.75 Å². The van der Waals surface area contributed by atoms with E-state index in [1.165, 1.54) is 25.3 Å². The molecule has 0 saturated carbocycles. The highest BCUT2D eigenvalue weighted by atomic mass is 16.6. The SMILES string of the molecule is COc1ccc([N+](=O)[O-])cc1OCCC#N. The molecule has 1 aromatic rings. The minimum absolute atomic E-state index is 0.0762. The van der Waals surface area contributed by atoms with E-state index in [9.17, 15) is 10.1 Å². The maximum Gasteiger partial charge on any atom is 0.273 e. The lowest BCUT2D eigenvalue weighted by atomic mass is 10.3. The van der Waals surface area contributed by atoms with Crippen LogP contribution in [-0.4, -0.2) is 18.6 Å². The number of rotatable bonds is 5. The van der Waals surface area contributed by atoms with Gasteiger partial charge in [-0.2, -0.15) is 5.26 Å². The third-order valence-electron chi connectivity index (χ3n) is 1.83. The van der Waals surface area contributed by atoms with E-state index in [-0.39, 0.29) is 24.5 Å². The molecule has 0 fully saturated rings. The molecule has 0 amide bonds. The lowest BCUT2D eigenvalue weighted by Gasteiger charge is -2.08. The summed E-state index contributed by atoms with van der Waals surface area (Å²) in [6.07, 6.45) is 0.214. The molecule has 0 saturated heterocycles. The van der Waals surface area contributed by atoms with E-state index >= 15 is 0 Å². The second-order valence-corrected chi connectivity index (χ2v) is 2.85. The van der Waals surface area contributed by atoms with Crippen LogP contribution < -0.4 is 9.47 Å². The molecule has 16 heavy (non-hydrogen) atoms. The number of benzene rings is 1. The molecule has 0 aliphatic heterocycles. The number of nitro benzene ring substituents is 1. The van der Waals surface area contributed by atoms with Gasteiger partial charge in [0.15, 0.2) is 11.5 Å². The first-order valence-corrected chi connectivity index (χ1v) is 4.51. The predicted molar refractivity (Wildman–Crippen MR) is 55.4 cm³/mol. The van der Waals surface area contributed by atoms with Gasteiger partial charge in [0.25, 0.3) is 5.69 Å². The summed E-state index contributed by atoms with van der Waals surface area (Å²) >= 11 is 0. The Hall–Kier alpha value is -2.29. The highest BCUT2D eigenvalue weighted by Crippen LogP contribution is 2.31. The quantitative estimate of drug-likeness (QED) is 0.431. The first kappa shape index (κ1) is 11.8. The first-order chi connectivity index (χ1) is 7.69. The Balaban J connectivity index is 2.89. The summed E-state index contributed by atoms with van der Waals surface area (Å²) in [5.74, 6) is 0.676. The minimum atomic E-state index is -0.517. The fourth-order valence-corrected chi connectivity index (χ4v) is 1.10. The maximum atomic E-state index is 10.5. The molecular weight excluding hydrogens is 212 g/mol. The van der Waals surface area contributed by atoms with Gasteiger partial charge in [0.2, 0.25) is 0 Å². The molecule has 0 bridgehead atoms. The summed E-state index contributed by atoms with van der Waals surface area (Å²) in [6, 6.07) is 5.97. The second kappa shape index (κ2) is 5.56. The number of nitrogens with zero attached hydrogens (tertiary/aromatic N) is 2. The molecule has 0 radical (unpaired) electrons. The largest absolute Gasteiger partial charge is 0.493 e. The van der Waals surface area contributed by atoms with E-state index < -0.39 is 4.92 Å². The standard InChI is InChI=1S/C10H10N2O4/c1-15-9-4-3-8(12(13)14)7-10(9)16-6-2-5-11/h3-4,7H,2,6H2,1H3. The number of hydrogen-bond acceptors (Lipinski definition) is 5. The fourth-order valence-electron chi connectivity index (χ4n) is 1.10. The zero-order valence-electron chi connectivity index (χ0n) is 8.67. The average Bonchev–Trinajstić information content (AvgIpc) is 2.29. The van der Waals surface area contributed by atoms with Crippen molar-refractivity contribution in [2.24, 2.45) is 0 Å². The van der Waals surface area contributed by atoms with Gasteiger partial charge in [-0.25, -0.2) is 0 Å². The lowest BCUT2D eigenvalue weighted by Crippen LogP contribution is -1.99. The minimum Gasteiger partial charge on any atom is -0.493 e. The topological polar surface area (TPSA) is 85.4 Å². The summed E-state index contributed by atoms with van der Waals surface area (Å²) in [4.78, 5) is 10.0. The van der Waals surface area contributed by atoms with Crippen LogP contribution in [0.3, 0.4) is 0 Å². The van der Waals surface area contributed by atoms with Gasteiger partial charge >= 0.3 is 0 Å². The van der Waals surface area contributed by atoms with Gasteiger partial charge in [0.1, 0.15) is 6.61 Å². The van der Waals surface area contributed by atoms with Crippen molar-refractivity contribution in [2.45, 2.75) is 6.42 Å². The molecule has 1 aromatic carbocycles. The molecule has 0 N–H and O–H groups in total. The van der Waals surface area contributed by atoms with Crippen LogP contribution in [0.25, 0.3) is 0 Å². The van der Waals surface area contributed by atoms with Crippen molar-refractivity contribution in [2.75, 3.05) is 13.7 Å². The summed E-state index contributed by atoms with van der Waals surface area (Å²) < 4.78 is 10.2. The molecule has 0 unspecified atom stereocenters. The second-order valence-electron chi connectivity index (χ2n) is 2.85. The molecule has 1 rings (SSSR count). The molecule has 6 heteroatoms. The van der Waals surface area contributed by atoms with E-state index in [4.69, 9.17) is 14.7 Å². The highest BCUT2D eigenvalue weighted by molar-refractivity contribution is 5.48. The Labute approximate surface area is 92.2 Å². The molecule has 0 aromatic heterocycles. The average molecular weight is 222 g/mol. The van der Waals surface area contributed by atoms with Crippen molar-refractivity contribution >= 4 is 5.69 Å². The molecule has 0 atom stereocenters. The molecule has 6 nitrogen and oxygen atoms in total. The van der Waals surface area contributed by atoms with Crippen molar-refractivity contribution in [3.05, 3.63) is 28.3 Å². The van der Waals surface area contributed by atoms with Crippen molar-refractivity contribution in [3.8, 4) is 17.6 Å². The number of methoxy groups -OCH3 is 1. The normalized spacial score (nSPS) is 9.25.